The fraction of sp³-hybridized carbons (Fsp3) is 0.548. The lowest BCUT2D eigenvalue weighted by Crippen LogP contribution is -2.62. The van der Waals surface area contributed by atoms with Crippen LogP contribution in [0.3, 0.4) is 0 Å². The summed E-state index contributed by atoms with van der Waals surface area (Å²) in [6, 6.07) is 25.8. The van der Waals surface area contributed by atoms with Crippen LogP contribution in [0.4, 0.5) is 20.2 Å². The normalized spacial score (nSPS) is 27.6. The third-order valence-corrected chi connectivity index (χ3v) is 17.8. The van der Waals surface area contributed by atoms with Crippen molar-refractivity contribution in [1.82, 2.24) is 40.9 Å². The van der Waals surface area contributed by atoms with Crippen LogP contribution in [0.2, 0.25) is 0 Å². The summed E-state index contributed by atoms with van der Waals surface area (Å²) in [5, 5.41) is 13.5. The van der Waals surface area contributed by atoms with E-state index < -0.39 is 10.8 Å². The molecular formula is C62H82F2N10O6. The van der Waals surface area contributed by atoms with Gasteiger partial charge in [0.2, 0.25) is 23.6 Å². The number of benzene rings is 4. The van der Waals surface area contributed by atoms with E-state index in [1.807, 2.05) is 50.2 Å². The molecule has 0 radical (unpaired) electrons. The summed E-state index contributed by atoms with van der Waals surface area (Å²) >= 11 is 0. The number of hydrogen-bond acceptors (Lipinski definition) is 12. The van der Waals surface area contributed by atoms with Crippen LogP contribution in [0.15, 0.2) is 84.9 Å². The number of fused-ring (bicyclic) bond motifs is 2. The Kier molecular flexibility index (Phi) is 17.8. The summed E-state index contributed by atoms with van der Waals surface area (Å²) in [6.07, 6.45) is 1.04. The maximum absolute atomic E-state index is 14.8. The molecule has 4 saturated heterocycles. The van der Waals surface area contributed by atoms with Crippen LogP contribution in [0.5, 0.6) is 0 Å². The van der Waals surface area contributed by atoms with Gasteiger partial charge in [-0.2, -0.15) is 0 Å². The third kappa shape index (κ3) is 12.8. The molecule has 16 nitrogen and oxygen atoms in total. The third-order valence-electron chi connectivity index (χ3n) is 17.8. The molecule has 4 fully saturated rings. The van der Waals surface area contributed by atoms with Crippen LogP contribution in [0.1, 0.15) is 74.9 Å². The van der Waals surface area contributed by atoms with Gasteiger partial charge in [-0.05, 0) is 124 Å². The van der Waals surface area contributed by atoms with E-state index in [4.69, 9.17) is 9.47 Å². The molecule has 0 aromatic heterocycles. The average Bonchev–Trinajstić information content (AvgIpc) is 3.95. The van der Waals surface area contributed by atoms with Crippen molar-refractivity contribution in [3.05, 3.63) is 130 Å². The van der Waals surface area contributed by atoms with Gasteiger partial charge in [0.1, 0.15) is 11.6 Å². The Balaban J connectivity index is 0.836. The number of anilines is 2. The van der Waals surface area contributed by atoms with E-state index >= 15 is 0 Å². The monoisotopic (exact) mass is 1100 g/mol. The van der Waals surface area contributed by atoms with Crippen molar-refractivity contribution in [1.29, 1.82) is 0 Å². The lowest BCUT2D eigenvalue weighted by molar-refractivity contribution is -0.128. The first-order valence-corrected chi connectivity index (χ1v) is 29.0. The van der Waals surface area contributed by atoms with E-state index in [1.165, 1.54) is 24.3 Å². The van der Waals surface area contributed by atoms with Crippen LogP contribution in [0.25, 0.3) is 0 Å². The first-order chi connectivity index (χ1) is 38.4. The molecule has 6 aliphatic heterocycles. The second kappa shape index (κ2) is 24.8. The van der Waals surface area contributed by atoms with E-state index in [9.17, 15) is 28.0 Å². The van der Waals surface area contributed by atoms with Crippen LogP contribution >= 0.6 is 0 Å². The van der Waals surface area contributed by atoms with E-state index in [0.717, 1.165) is 72.6 Å². The van der Waals surface area contributed by atoms with Crippen LogP contribution in [-0.4, -0.2) is 198 Å². The Bertz CT molecular complexity index is 2670. The van der Waals surface area contributed by atoms with Crippen molar-refractivity contribution < 1.29 is 37.4 Å². The Labute approximate surface area is 470 Å². The molecule has 0 bridgehead atoms. The maximum atomic E-state index is 14.8. The van der Waals surface area contributed by atoms with E-state index in [2.05, 4.69) is 68.6 Å². The predicted molar refractivity (Wildman–Crippen MR) is 306 cm³/mol. The quantitative estimate of drug-likeness (QED) is 0.113. The summed E-state index contributed by atoms with van der Waals surface area (Å²) in [7, 11) is 0. The number of carbonyl (C=O) groups excluding carboxylic acids is 4. The highest BCUT2D eigenvalue weighted by Crippen LogP contribution is 2.44. The number of ether oxygens (including phenoxy) is 2. The minimum Gasteiger partial charge on any atom is -0.379 e. The Morgan fingerprint density at radius 3 is 1.34 bits per heavy atom. The molecule has 4 aromatic carbocycles. The number of carbonyl (C=O) groups is 4. The van der Waals surface area contributed by atoms with Gasteiger partial charge in [-0.25, -0.2) is 8.78 Å². The Hall–Kier alpha value is -5.70. The van der Waals surface area contributed by atoms with Gasteiger partial charge in [-0.3, -0.25) is 38.8 Å². The van der Waals surface area contributed by atoms with Crippen molar-refractivity contribution in [2.24, 2.45) is 0 Å². The molecule has 8 atom stereocenters. The summed E-state index contributed by atoms with van der Waals surface area (Å²) in [6.45, 7) is 22.2. The van der Waals surface area contributed by atoms with Crippen LogP contribution in [0, 0.1) is 11.6 Å². The molecule has 80 heavy (non-hydrogen) atoms. The molecule has 430 valence electrons. The van der Waals surface area contributed by atoms with Gasteiger partial charge >= 0.3 is 0 Å². The lowest BCUT2D eigenvalue weighted by Gasteiger charge is -2.43. The van der Waals surface area contributed by atoms with Crippen molar-refractivity contribution >= 4 is 35.0 Å². The molecule has 10 rings (SSSR count). The first-order valence-electron chi connectivity index (χ1n) is 29.0. The summed E-state index contributed by atoms with van der Waals surface area (Å²) in [5.74, 6) is -1.33. The molecule has 4 N–H and O–H groups in total. The van der Waals surface area contributed by atoms with Crippen molar-refractivity contribution in [2.45, 2.75) is 101 Å². The molecule has 2 unspecified atom stereocenters. The molecule has 0 spiro atoms. The Morgan fingerprint density at radius 2 is 0.950 bits per heavy atom. The summed E-state index contributed by atoms with van der Waals surface area (Å²) in [5.41, 5.74) is 4.32. The Morgan fingerprint density at radius 1 is 0.562 bits per heavy atom. The second-order valence-corrected chi connectivity index (χ2v) is 24.1. The minimum atomic E-state index is -1.12. The van der Waals surface area contributed by atoms with Gasteiger partial charge in [-0.15, -0.1) is 0 Å². The number of amides is 4. The number of nitrogens with one attached hydrogen (secondary N) is 4. The summed E-state index contributed by atoms with van der Waals surface area (Å²) < 4.78 is 39.3. The molecule has 4 aromatic rings. The van der Waals surface area contributed by atoms with Gasteiger partial charge < -0.3 is 40.5 Å². The first kappa shape index (κ1) is 57.5. The smallest absolute Gasteiger partial charge is 0.241 e. The SMILES string of the molecule is C[C@@H]1CN(CC(=O)N2CC(C)(C(=O)NCCNC(=O)C3(C)CN(C(=O)CN4C[C@@H](C)NC[C@@H]4CN4CCOC[C@H]4C)c4cc(Cc5ccc(F)cc5)ccc43)c3ccc(Cc4ccc(F)cc4)cc32)[C@@H](CN2CCOC[C@H]2C)CN1. The predicted octanol–water partition coefficient (Wildman–Crippen LogP) is 4.05. The highest BCUT2D eigenvalue weighted by molar-refractivity contribution is 6.04. The van der Waals surface area contributed by atoms with E-state index in [0.29, 0.717) is 63.7 Å². The molecule has 4 amide bonds. The molecule has 0 aliphatic carbocycles. The van der Waals surface area contributed by atoms with Crippen molar-refractivity contribution in [3.63, 3.8) is 0 Å². The standard InChI is InChI=1S/C62H82F2N10O6/c1-41-31-71(51(29-67-41)33-69-21-23-79-37-43(69)3)35-57(75)73-39-61(5,53-17-11-47(27-55(53)73)25-45-7-13-49(63)14-8-45)59(77)65-19-20-66-60(78)62(6)40-74(56-28-48(12-18-54(56)62)26-46-9-15-50(64)16-10-46)58(76)36-72-32-42(2)68-30-52(72)34-70-22-24-80-38-44(70)4/h7-18,27-28,41-44,51-52,67-68H,19-26,29-40H2,1-6H3,(H,65,77)(H,66,78)/t41-,42-,43-,44-,51-,52-,61?,62?/m1/s1. The largest absolute Gasteiger partial charge is 0.379 e. The number of hydrogen-bond donors (Lipinski definition) is 4. The van der Waals surface area contributed by atoms with Crippen LogP contribution in [-0.2, 0) is 52.3 Å². The summed E-state index contributed by atoms with van der Waals surface area (Å²) in [4.78, 5) is 72.0. The van der Waals surface area contributed by atoms with Gasteiger partial charge in [0.15, 0.2) is 0 Å². The van der Waals surface area contributed by atoms with Gasteiger partial charge in [-0.1, -0.05) is 48.5 Å². The topological polar surface area (TPSA) is 154 Å². The van der Waals surface area contributed by atoms with Gasteiger partial charge in [0.05, 0.1) is 50.3 Å². The molecular weight excluding hydrogens is 1020 g/mol. The molecule has 18 heteroatoms. The lowest BCUT2D eigenvalue weighted by atomic mass is 9.82. The maximum Gasteiger partial charge on any atom is 0.241 e. The van der Waals surface area contributed by atoms with Gasteiger partial charge in [0, 0.05) is 126 Å². The zero-order chi connectivity index (χ0) is 56.3. The van der Waals surface area contributed by atoms with Crippen molar-refractivity contribution in [2.75, 3.05) is 128 Å². The fourth-order valence-corrected chi connectivity index (χ4v) is 12.9. The molecule has 6 aliphatic rings. The van der Waals surface area contributed by atoms with Gasteiger partial charge in [0.25, 0.3) is 0 Å². The minimum absolute atomic E-state index is 0.0896. The molecule has 0 saturated carbocycles. The fourth-order valence-electron chi connectivity index (χ4n) is 12.9. The number of piperazine rings is 2. The van der Waals surface area contributed by atoms with E-state index in [1.54, 1.807) is 34.1 Å². The number of halogens is 2. The number of morpholine rings is 2. The van der Waals surface area contributed by atoms with Crippen LogP contribution < -0.4 is 31.1 Å². The highest BCUT2D eigenvalue weighted by Gasteiger charge is 2.49. The second-order valence-electron chi connectivity index (χ2n) is 24.1. The molecule has 6 heterocycles. The number of rotatable bonds is 17. The number of nitrogens with zero attached hydrogens (tertiary/aromatic N) is 6. The average molecular weight is 1100 g/mol. The van der Waals surface area contributed by atoms with E-state index in [-0.39, 0.29) is 111 Å². The van der Waals surface area contributed by atoms with Crippen molar-refractivity contribution in [3.8, 4) is 0 Å². The highest BCUT2D eigenvalue weighted by atomic mass is 19.1. The zero-order valence-corrected chi connectivity index (χ0v) is 47.6. The zero-order valence-electron chi connectivity index (χ0n) is 47.6.